The summed E-state index contributed by atoms with van der Waals surface area (Å²) in [5, 5.41) is 2.39. The molecule has 1 nitrogen and oxygen atoms in total. The third-order valence-electron chi connectivity index (χ3n) is 3.65. The van der Waals surface area contributed by atoms with Crippen LogP contribution in [0.5, 0.6) is 0 Å². The number of nitrogens with zero attached hydrogens (tertiary/aromatic N) is 1. The fraction of sp³-hybridized carbons (Fsp3) is 0.111. The molecule has 3 aromatic rings. The van der Waals surface area contributed by atoms with Gasteiger partial charge in [0.15, 0.2) is 0 Å². The Morgan fingerprint density at radius 3 is 2.45 bits per heavy atom. The summed E-state index contributed by atoms with van der Waals surface area (Å²) in [5.74, 6) is 0. The summed E-state index contributed by atoms with van der Waals surface area (Å²) in [4.78, 5) is 4.57. The first-order valence-corrected chi connectivity index (χ1v) is 6.44. The molecule has 3 rings (SSSR count). The third kappa shape index (κ3) is 2.49. The van der Waals surface area contributed by atoms with Crippen molar-refractivity contribution in [3.8, 4) is 11.3 Å². The van der Waals surface area contributed by atoms with Gasteiger partial charge < -0.3 is 0 Å². The van der Waals surface area contributed by atoms with E-state index in [-0.39, 0.29) is 20.1 Å². The maximum Gasteiger partial charge on any atom is 0.0268 e. The van der Waals surface area contributed by atoms with E-state index < -0.39 is 0 Å². The zero-order valence-corrected chi connectivity index (χ0v) is 14.0. The van der Waals surface area contributed by atoms with Crippen molar-refractivity contribution in [1.82, 2.24) is 4.98 Å². The number of aryl methyl sites for hydroxylation is 2. The van der Waals surface area contributed by atoms with Crippen LogP contribution in [-0.2, 0) is 20.1 Å². The molecule has 0 saturated heterocycles. The number of rotatable bonds is 1. The van der Waals surface area contributed by atoms with Gasteiger partial charge in [-0.25, -0.2) is 0 Å². The van der Waals surface area contributed by atoms with Crippen LogP contribution in [0.15, 0.2) is 48.7 Å². The van der Waals surface area contributed by atoms with Crippen LogP contribution in [0.1, 0.15) is 16.7 Å². The van der Waals surface area contributed by atoms with E-state index in [2.05, 4.69) is 62.2 Å². The third-order valence-corrected chi connectivity index (χ3v) is 3.65. The Kier molecular flexibility index (Phi) is 4.27. The average Bonchev–Trinajstić information content (AvgIpc) is 2.42. The van der Waals surface area contributed by atoms with Crippen molar-refractivity contribution in [2.45, 2.75) is 13.8 Å². The monoisotopic (exact) mass is 439 g/mol. The molecule has 0 aliphatic rings. The van der Waals surface area contributed by atoms with Crippen LogP contribution in [0.4, 0.5) is 0 Å². The number of hydrogen-bond acceptors (Lipinski definition) is 1. The Balaban J connectivity index is 0.00000147. The summed E-state index contributed by atoms with van der Waals surface area (Å²) in [7, 11) is 0. The fourth-order valence-corrected chi connectivity index (χ4v) is 2.43. The molecular formula is C18H16IrN-. The second-order valence-corrected chi connectivity index (χ2v) is 4.97. The minimum absolute atomic E-state index is 0. The topological polar surface area (TPSA) is 12.9 Å². The Hall–Kier alpha value is -1.63. The fourth-order valence-electron chi connectivity index (χ4n) is 2.43. The summed E-state index contributed by atoms with van der Waals surface area (Å²) in [6.45, 7) is 8.41. The van der Waals surface area contributed by atoms with Gasteiger partial charge in [-0.3, -0.25) is 4.98 Å². The summed E-state index contributed by atoms with van der Waals surface area (Å²) in [6.07, 6.45) is 1.87. The number of aromatic nitrogens is 1. The largest absolute Gasteiger partial charge is 0.269 e. The molecular weight excluding hydrogens is 422 g/mol. The van der Waals surface area contributed by atoms with E-state index in [1.54, 1.807) is 0 Å². The Bertz CT molecular complexity index is 757. The van der Waals surface area contributed by atoms with E-state index in [1.807, 2.05) is 12.3 Å². The summed E-state index contributed by atoms with van der Waals surface area (Å²) < 4.78 is 0. The van der Waals surface area contributed by atoms with Crippen molar-refractivity contribution < 1.29 is 20.1 Å². The molecule has 1 heterocycles. The smallest absolute Gasteiger partial charge is 0.0268 e. The minimum Gasteiger partial charge on any atom is -0.269 e. The summed E-state index contributed by atoms with van der Waals surface area (Å²) >= 11 is 0. The molecule has 2 aromatic carbocycles. The zero-order valence-electron chi connectivity index (χ0n) is 11.6. The molecule has 0 amide bonds. The molecule has 0 saturated carbocycles. The van der Waals surface area contributed by atoms with Crippen molar-refractivity contribution in [3.05, 3.63) is 72.3 Å². The van der Waals surface area contributed by atoms with Crippen LogP contribution < -0.4 is 0 Å². The van der Waals surface area contributed by atoms with Gasteiger partial charge in [0, 0.05) is 32.0 Å². The van der Waals surface area contributed by atoms with Gasteiger partial charge in [-0.15, -0.1) is 17.2 Å². The molecule has 0 aliphatic heterocycles. The second kappa shape index (κ2) is 5.78. The van der Waals surface area contributed by atoms with Crippen LogP contribution in [0.3, 0.4) is 0 Å². The molecule has 20 heavy (non-hydrogen) atoms. The molecule has 0 aliphatic carbocycles. The normalized spacial score (nSPS) is 10.3. The van der Waals surface area contributed by atoms with Gasteiger partial charge in [-0.2, -0.15) is 18.6 Å². The maximum atomic E-state index is 4.57. The first-order valence-electron chi connectivity index (χ1n) is 6.44. The van der Waals surface area contributed by atoms with Crippen molar-refractivity contribution in [1.29, 1.82) is 0 Å². The number of pyridine rings is 1. The number of benzene rings is 2. The first-order chi connectivity index (χ1) is 9.16. The van der Waals surface area contributed by atoms with Crippen LogP contribution >= 0.6 is 0 Å². The molecule has 0 N–H and O–H groups in total. The molecule has 0 atom stereocenters. The molecule has 1 aromatic heterocycles. The van der Waals surface area contributed by atoms with Gasteiger partial charge in [-0.1, -0.05) is 36.8 Å². The van der Waals surface area contributed by atoms with Crippen molar-refractivity contribution in [2.75, 3.05) is 0 Å². The average molecular weight is 439 g/mol. The standard InChI is InChI=1S/C18H16N.Ir/c1-12-10-14(3)17(11-13(12)2)18-16-7-5-4-6-15(16)8-9-19-18;/h4-11H,3H2,1-2H3;/q-1;. The van der Waals surface area contributed by atoms with Crippen molar-refractivity contribution in [3.63, 3.8) is 0 Å². The zero-order chi connectivity index (χ0) is 13.4. The summed E-state index contributed by atoms with van der Waals surface area (Å²) in [6, 6.07) is 14.7. The van der Waals surface area contributed by atoms with Gasteiger partial charge >= 0.3 is 0 Å². The Morgan fingerprint density at radius 1 is 0.950 bits per heavy atom. The quantitative estimate of drug-likeness (QED) is 0.502. The van der Waals surface area contributed by atoms with E-state index >= 15 is 0 Å². The molecule has 0 fully saturated rings. The van der Waals surface area contributed by atoms with Crippen LogP contribution in [0.25, 0.3) is 22.0 Å². The van der Waals surface area contributed by atoms with E-state index in [0.717, 1.165) is 16.8 Å². The van der Waals surface area contributed by atoms with Crippen LogP contribution in [0.2, 0.25) is 0 Å². The van der Waals surface area contributed by atoms with Gasteiger partial charge in [0.25, 0.3) is 0 Å². The minimum atomic E-state index is 0. The molecule has 0 bridgehead atoms. The van der Waals surface area contributed by atoms with Gasteiger partial charge in [0.05, 0.1) is 0 Å². The number of hydrogen-bond donors (Lipinski definition) is 0. The molecule has 103 valence electrons. The van der Waals surface area contributed by atoms with Crippen molar-refractivity contribution in [2.24, 2.45) is 0 Å². The molecule has 1 radical (unpaired) electrons. The van der Waals surface area contributed by atoms with E-state index in [0.29, 0.717) is 0 Å². The molecule has 0 unspecified atom stereocenters. The Morgan fingerprint density at radius 2 is 1.65 bits per heavy atom. The number of fused-ring (bicyclic) bond motifs is 1. The van der Waals surface area contributed by atoms with Crippen molar-refractivity contribution >= 4 is 10.8 Å². The Labute approximate surface area is 133 Å². The predicted octanol–water partition coefficient (Wildman–Crippen LogP) is 4.70. The van der Waals surface area contributed by atoms with Crippen LogP contribution in [-0.4, -0.2) is 4.98 Å². The second-order valence-electron chi connectivity index (χ2n) is 4.97. The van der Waals surface area contributed by atoms with E-state index in [1.165, 1.54) is 21.9 Å². The van der Waals surface area contributed by atoms with E-state index in [9.17, 15) is 0 Å². The van der Waals surface area contributed by atoms with Gasteiger partial charge in [-0.05, 0) is 23.8 Å². The maximum absolute atomic E-state index is 4.57. The first kappa shape index (κ1) is 14.8. The molecule has 2 heteroatoms. The SMILES string of the molecule is [CH2-]c1cc(C)c(C)cc1-c1nccc2ccccc12.[Ir]. The van der Waals surface area contributed by atoms with E-state index in [4.69, 9.17) is 0 Å². The van der Waals surface area contributed by atoms with Gasteiger partial charge in [0.1, 0.15) is 0 Å². The molecule has 0 spiro atoms. The summed E-state index contributed by atoms with van der Waals surface area (Å²) in [5.41, 5.74) is 5.73. The van der Waals surface area contributed by atoms with Crippen LogP contribution in [0, 0.1) is 20.8 Å². The van der Waals surface area contributed by atoms with Gasteiger partial charge in [0.2, 0.25) is 0 Å². The predicted molar refractivity (Wildman–Crippen MR) is 81.1 cm³/mol.